The van der Waals surface area contributed by atoms with Crippen LogP contribution in [0.25, 0.3) is 0 Å². The Labute approximate surface area is 179 Å². The van der Waals surface area contributed by atoms with Gasteiger partial charge in [0.05, 0.1) is 10.9 Å². The molecule has 162 valence electrons. The Bertz CT molecular complexity index is 1040. The normalized spacial score (nSPS) is 17.0. The van der Waals surface area contributed by atoms with E-state index in [9.17, 15) is 13.2 Å². The Hall–Kier alpha value is -2.22. The Morgan fingerprint density at radius 2 is 1.47 bits per heavy atom. The predicted octanol–water partition coefficient (Wildman–Crippen LogP) is 3.25. The maximum Gasteiger partial charge on any atom is 0.243 e. The van der Waals surface area contributed by atoms with Gasteiger partial charge < -0.3 is 5.32 Å². The summed E-state index contributed by atoms with van der Waals surface area (Å²) in [6.07, 6.45) is 0. The van der Waals surface area contributed by atoms with E-state index in [0.717, 1.165) is 27.9 Å². The van der Waals surface area contributed by atoms with Crippen molar-refractivity contribution in [2.75, 3.05) is 31.5 Å². The van der Waals surface area contributed by atoms with E-state index >= 15 is 0 Å². The van der Waals surface area contributed by atoms with Crippen molar-refractivity contribution < 1.29 is 13.2 Å². The molecular weight excluding hydrogens is 398 g/mol. The SMILES string of the molecule is Cc1ccc(C)c(NC(=O)[C@H](C)N2CCN(S(=O)(=O)c3cc(C)ccc3C)CC2)c1. The minimum atomic E-state index is -3.54. The third-order valence-corrected chi connectivity index (χ3v) is 7.85. The Morgan fingerprint density at radius 3 is 2.10 bits per heavy atom. The second kappa shape index (κ2) is 8.88. The maximum absolute atomic E-state index is 13.1. The lowest BCUT2D eigenvalue weighted by Crippen LogP contribution is -2.54. The highest BCUT2D eigenvalue weighted by Crippen LogP contribution is 2.23. The average Bonchev–Trinajstić information content (AvgIpc) is 2.72. The first-order valence-corrected chi connectivity index (χ1v) is 11.7. The summed E-state index contributed by atoms with van der Waals surface area (Å²) in [5, 5.41) is 3.02. The zero-order chi connectivity index (χ0) is 22.1. The molecule has 7 heteroatoms. The van der Waals surface area contributed by atoms with Crippen LogP contribution in [0.4, 0.5) is 5.69 Å². The number of hydrogen-bond donors (Lipinski definition) is 1. The third-order valence-electron chi connectivity index (χ3n) is 5.81. The highest BCUT2D eigenvalue weighted by Gasteiger charge is 2.32. The van der Waals surface area contributed by atoms with Gasteiger partial charge >= 0.3 is 0 Å². The van der Waals surface area contributed by atoms with E-state index in [1.807, 2.05) is 69.9 Å². The van der Waals surface area contributed by atoms with Gasteiger partial charge in [-0.05, 0) is 69.0 Å². The fourth-order valence-electron chi connectivity index (χ4n) is 3.73. The maximum atomic E-state index is 13.1. The van der Waals surface area contributed by atoms with Crippen molar-refractivity contribution in [3.05, 3.63) is 58.7 Å². The molecule has 1 heterocycles. The van der Waals surface area contributed by atoms with E-state index in [1.54, 1.807) is 6.07 Å². The molecule has 0 bridgehead atoms. The molecule has 6 nitrogen and oxygen atoms in total. The summed E-state index contributed by atoms with van der Waals surface area (Å²) in [4.78, 5) is 15.2. The number of rotatable bonds is 5. The van der Waals surface area contributed by atoms with Crippen LogP contribution in [-0.2, 0) is 14.8 Å². The van der Waals surface area contributed by atoms with Crippen molar-refractivity contribution in [3.63, 3.8) is 0 Å². The van der Waals surface area contributed by atoms with Crippen LogP contribution in [0.5, 0.6) is 0 Å². The molecule has 1 aliphatic heterocycles. The second-order valence-electron chi connectivity index (χ2n) is 8.19. The van der Waals surface area contributed by atoms with E-state index in [1.165, 1.54) is 4.31 Å². The van der Waals surface area contributed by atoms with Crippen LogP contribution < -0.4 is 5.32 Å². The van der Waals surface area contributed by atoms with Gasteiger partial charge in [-0.1, -0.05) is 24.3 Å². The summed E-state index contributed by atoms with van der Waals surface area (Å²) in [6.45, 7) is 11.3. The van der Waals surface area contributed by atoms with Gasteiger partial charge in [-0.15, -0.1) is 0 Å². The molecule has 0 aromatic heterocycles. The molecule has 0 spiro atoms. The summed E-state index contributed by atoms with van der Waals surface area (Å²) in [5.74, 6) is -0.0745. The number of nitrogens with zero attached hydrogens (tertiary/aromatic N) is 2. The molecule has 30 heavy (non-hydrogen) atoms. The van der Waals surface area contributed by atoms with Gasteiger partial charge in [-0.25, -0.2) is 8.42 Å². The number of sulfonamides is 1. The molecule has 0 aliphatic carbocycles. The number of hydrogen-bond acceptors (Lipinski definition) is 4. The highest BCUT2D eigenvalue weighted by atomic mass is 32.2. The number of anilines is 1. The fraction of sp³-hybridized carbons (Fsp3) is 0.435. The fourth-order valence-corrected chi connectivity index (χ4v) is 5.46. The van der Waals surface area contributed by atoms with Gasteiger partial charge in [0.25, 0.3) is 0 Å². The number of carbonyl (C=O) groups excluding carboxylic acids is 1. The van der Waals surface area contributed by atoms with Crippen LogP contribution in [0.15, 0.2) is 41.3 Å². The summed E-state index contributed by atoms with van der Waals surface area (Å²) in [7, 11) is -3.54. The zero-order valence-electron chi connectivity index (χ0n) is 18.4. The summed E-state index contributed by atoms with van der Waals surface area (Å²) in [5.41, 5.74) is 4.61. The first-order chi connectivity index (χ1) is 14.1. The summed E-state index contributed by atoms with van der Waals surface area (Å²) < 4.78 is 27.7. The topological polar surface area (TPSA) is 69.7 Å². The largest absolute Gasteiger partial charge is 0.324 e. The first kappa shape index (κ1) is 22.5. The van der Waals surface area contributed by atoms with E-state index in [0.29, 0.717) is 31.1 Å². The van der Waals surface area contributed by atoms with Crippen molar-refractivity contribution in [1.29, 1.82) is 0 Å². The van der Waals surface area contributed by atoms with Gasteiger partial charge in [-0.2, -0.15) is 4.31 Å². The smallest absolute Gasteiger partial charge is 0.243 e. The molecule has 1 atom stereocenters. The van der Waals surface area contributed by atoms with Crippen molar-refractivity contribution in [2.45, 2.75) is 45.6 Å². The summed E-state index contributed by atoms with van der Waals surface area (Å²) in [6, 6.07) is 11.1. The van der Waals surface area contributed by atoms with Gasteiger partial charge in [0.2, 0.25) is 15.9 Å². The predicted molar refractivity (Wildman–Crippen MR) is 120 cm³/mol. The molecule has 3 rings (SSSR count). The number of amides is 1. The molecule has 0 unspecified atom stereocenters. The van der Waals surface area contributed by atoms with Crippen LogP contribution >= 0.6 is 0 Å². The Balaban J connectivity index is 1.65. The highest BCUT2D eigenvalue weighted by molar-refractivity contribution is 7.89. The monoisotopic (exact) mass is 429 g/mol. The molecule has 0 saturated carbocycles. The minimum Gasteiger partial charge on any atom is -0.324 e. The van der Waals surface area contributed by atoms with E-state index in [2.05, 4.69) is 5.32 Å². The van der Waals surface area contributed by atoms with Crippen molar-refractivity contribution in [1.82, 2.24) is 9.21 Å². The Kier molecular flexibility index (Phi) is 6.65. The van der Waals surface area contributed by atoms with Crippen LogP contribution in [-0.4, -0.2) is 55.8 Å². The molecule has 0 radical (unpaired) electrons. The van der Waals surface area contributed by atoms with Crippen LogP contribution in [0.3, 0.4) is 0 Å². The third kappa shape index (κ3) is 4.74. The van der Waals surface area contributed by atoms with Gasteiger partial charge in [-0.3, -0.25) is 9.69 Å². The number of piperazine rings is 1. The number of aryl methyl sites for hydroxylation is 4. The molecule has 1 N–H and O–H groups in total. The van der Waals surface area contributed by atoms with Crippen molar-refractivity contribution in [3.8, 4) is 0 Å². The van der Waals surface area contributed by atoms with E-state index < -0.39 is 10.0 Å². The lowest BCUT2D eigenvalue weighted by Gasteiger charge is -2.37. The van der Waals surface area contributed by atoms with E-state index in [4.69, 9.17) is 0 Å². The zero-order valence-corrected chi connectivity index (χ0v) is 19.2. The van der Waals surface area contributed by atoms with Crippen molar-refractivity contribution in [2.24, 2.45) is 0 Å². The standard InChI is InChI=1S/C23H31N3O3S/c1-16-6-8-18(3)21(14-16)24-23(27)20(5)25-10-12-26(13-11-25)30(28,29)22-15-17(2)7-9-19(22)4/h6-9,14-15,20H,10-13H2,1-5H3,(H,24,27)/t20-/m0/s1. The Morgan fingerprint density at radius 1 is 0.900 bits per heavy atom. The molecule has 1 amide bonds. The number of nitrogens with one attached hydrogen (secondary N) is 1. The van der Waals surface area contributed by atoms with Gasteiger partial charge in [0.1, 0.15) is 0 Å². The summed E-state index contributed by atoms with van der Waals surface area (Å²) >= 11 is 0. The molecule has 1 fully saturated rings. The quantitative estimate of drug-likeness (QED) is 0.792. The van der Waals surface area contributed by atoms with Gasteiger partial charge in [0.15, 0.2) is 0 Å². The lowest BCUT2D eigenvalue weighted by atomic mass is 10.1. The molecular formula is C23H31N3O3S. The molecule has 2 aromatic carbocycles. The van der Waals surface area contributed by atoms with Gasteiger partial charge in [0, 0.05) is 31.9 Å². The second-order valence-corrected chi connectivity index (χ2v) is 10.1. The van der Waals surface area contributed by atoms with Crippen LogP contribution in [0, 0.1) is 27.7 Å². The van der Waals surface area contributed by atoms with Crippen LogP contribution in [0.2, 0.25) is 0 Å². The number of carbonyl (C=O) groups is 1. The van der Waals surface area contributed by atoms with E-state index in [-0.39, 0.29) is 11.9 Å². The lowest BCUT2D eigenvalue weighted by molar-refractivity contribution is -0.121. The molecule has 1 saturated heterocycles. The first-order valence-electron chi connectivity index (χ1n) is 10.3. The average molecular weight is 430 g/mol. The molecule has 2 aromatic rings. The number of benzene rings is 2. The van der Waals surface area contributed by atoms with Crippen molar-refractivity contribution >= 4 is 21.6 Å². The minimum absolute atomic E-state index is 0.0745. The molecule has 1 aliphatic rings. The van der Waals surface area contributed by atoms with Crippen LogP contribution in [0.1, 0.15) is 29.2 Å².